The average molecular weight is 328 g/mol. The first-order chi connectivity index (χ1) is 10.5. The molecule has 0 bridgehead atoms. The van der Waals surface area contributed by atoms with Crippen LogP contribution in [-0.2, 0) is 4.74 Å². The number of benzene rings is 1. The predicted octanol–water partition coefficient (Wildman–Crippen LogP) is 1.70. The summed E-state index contributed by atoms with van der Waals surface area (Å²) in [7, 11) is 1.65. The summed E-state index contributed by atoms with van der Waals surface area (Å²) in [6.07, 6.45) is 0.835. The molecule has 2 rings (SSSR count). The molecule has 1 atom stereocenters. The lowest BCUT2D eigenvalue weighted by Crippen LogP contribution is -2.37. The zero-order valence-corrected chi connectivity index (χ0v) is 13.0. The topological polar surface area (TPSA) is 84.7 Å². The maximum absolute atomic E-state index is 12.3. The van der Waals surface area contributed by atoms with Crippen molar-refractivity contribution in [2.24, 2.45) is 0 Å². The SMILES string of the molecule is COCCN1CC[C@H](NC(=O)c2cc([N+](=O)[O-])ccc2Cl)C1. The van der Waals surface area contributed by atoms with Gasteiger partial charge in [-0.05, 0) is 12.5 Å². The summed E-state index contributed by atoms with van der Waals surface area (Å²) < 4.78 is 5.03. The number of nitrogens with zero attached hydrogens (tertiary/aromatic N) is 2. The number of halogens is 1. The Hall–Kier alpha value is -1.70. The van der Waals surface area contributed by atoms with E-state index in [1.165, 1.54) is 18.2 Å². The third-order valence-corrected chi connectivity index (χ3v) is 3.95. The van der Waals surface area contributed by atoms with E-state index in [1.807, 2.05) is 0 Å². The van der Waals surface area contributed by atoms with E-state index in [-0.39, 0.29) is 28.2 Å². The summed E-state index contributed by atoms with van der Waals surface area (Å²) in [4.78, 5) is 24.7. The highest BCUT2D eigenvalue weighted by Gasteiger charge is 2.25. The van der Waals surface area contributed by atoms with Gasteiger partial charge in [-0.2, -0.15) is 0 Å². The van der Waals surface area contributed by atoms with E-state index in [2.05, 4.69) is 10.2 Å². The van der Waals surface area contributed by atoms with Gasteiger partial charge in [0.1, 0.15) is 0 Å². The number of hydrogen-bond acceptors (Lipinski definition) is 5. The minimum atomic E-state index is -0.546. The summed E-state index contributed by atoms with van der Waals surface area (Å²) in [6.45, 7) is 3.09. The molecule has 0 radical (unpaired) electrons. The van der Waals surface area contributed by atoms with Crippen molar-refractivity contribution in [2.45, 2.75) is 12.5 Å². The van der Waals surface area contributed by atoms with Gasteiger partial charge in [-0.3, -0.25) is 19.8 Å². The van der Waals surface area contributed by atoms with Crippen LogP contribution in [0.1, 0.15) is 16.8 Å². The van der Waals surface area contributed by atoms with E-state index in [1.54, 1.807) is 7.11 Å². The third-order valence-electron chi connectivity index (χ3n) is 3.62. The van der Waals surface area contributed by atoms with Crippen molar-refractivity contribution in [1.29, 1.82) is 0 Å². The maximum Gasteiger partial charge on any atom is 0.270 e. The fraction of sp³-hybridized carbons (Fsp3) is 0.500. The van der Waals surface area contributed by atoms with Crippen molar-refractivity contribution in [1.82, 2.24) is 10.2 Å². The van der Waals surface area contributed by atoms with E-state index in [0.29, 0.717) is 6.61 Å². The molecule has 0 unspecified atom stereocenters. The summed E-state index contributed by atoms with van der Waals surface area (Å²) in [6, 6.07) is 3.87. The number of ether oxygens (including phenoxy) is 1. The van der Waals surface area contributed by atoms with Gasteiger partial charge in [0.05, 0.1) is 22.1 Å². The second-order valence-electron chi connectivity index (χ2n) is 5.17. The number of non-ortho nitro benzene ring substituents is 1. The lowest BCUT2D eigenvalue weighted by Gasteiger charge is -2.16. The van der Waals surface area contributed by atoms with Crippen LogP contribution in [0.2, 0.25) is 5.02 Å². The molecule has 0 aliphatic carbocycles. The smallest absolute Gasteiger partial charge is 0.270 e. The highest BCUT2D eigenvalue weighted by Crippen LogP contribution is 2.22. The second-order valence-corrected chi connectivity index (χ2v) is 5.58. The number of rotatable bonds is 6. The Morgan fingerprint density at radius 2 is 2.36 bits per heavy atom. The normalized spacial score (nSPS) is 18.4. The molecule has 8 heteroatoms. The van der Waals surface area contributed by atoms with Crippen LogP contribution in [0.15, 0.2) is 18.2 Å². The minimum absolute atomic E-state index is 0.0136. The molecule has 1 aromatic rings. The Bertz CT molecular complexity index is 567. The number of hydrogen-bond donors (Lipinski definition) is 1. The molecule has 1 saturated heterocycles. The van der Waals surface area contributed by atoms with Gasteiger partial charge in [-0.25, -0.2) is 0 Å². The van der Waals surface area contributed by atoms with Gasteiger partial charge < -0.3 is 10.1 Å². The molecule has 0 aromatic heterocycles. The Kier molecular flexibility index (Phi) is 5.70. The van der Waals surface area contributed by atoms with Crippen LogP contribution < -0.4 is 5.32 Å². The summed E-state index contributed by atoms with van der Waals surface area (Å²) in [5.74, 6) is -0.382. The van der Waals surface area contributed by atoms with Crippen molar-refractivity contribution in [3.63, 3.8) is 0 Å². The van der Waals surface area contributed by atoms with Crippen LogP contribution in [0.25, 0.3) is 0 Å². The molecule has 22 heavy (non-hydrogen) atoms. The van der Waals surface area contributed by atoms with Crippen molar-refractivity contribution >= 4 is 23.2 Å². The fourth-order valence-electron chi connectivity index (χ4n) is 2.44. The number of carbonyl (C=O) groups excluding carboxylic acids is 1. The number of nitro benzene ring substituents is 1. The highest BCUT2D eigenvalue weighted by atomic mass is 35.5. The molecule has 1 aromatic carbocycles. The van der Waals surface area contributed by atoms with Crippen molar-refractivity contribution in [3.8, 4) is 0 Å². The lowest BCUT2D eigenvalue weighted by molar-refractivity contribution is -0.384. The number of carbonyl (C=O) groups is 1. The summed E-state index contributed by atoms with van der Waals surface area (Å²) >= 11 is 5.97. The average Bonchev–Trinajstić information content (AvgIpc) is 2.92. The van der Waals surface area contributed by atoms with Crippen LogP contribution >= 0.6 is 11.6 Å². The Morgan fingerprint density at radius 1 is 1.59 bits per heavy atom. The minimum Gasteiger partial charge on any atom is -0.383 e. The highest BCUT2D eigenvalue weighted by molar-refractivity contribution is 6.33. The first-order valence-electron chi connectivity index (χ1n) is 6.97. The predicted molar refractivity (Wildman–Crippen MR) is 82.3 cm³/mol. The maximum atomic E-state index is 12.3. The standard InChI is InChI=1S/C14H18ClN3O4/c1-22-7-6-17-5-4-10(9-17)16-14(19)12-8-11(18(20)21)2-3-13(12)15/h2-3,8,10H,4-7,9H2,1H3,(H,16,19)/t10-/m0/s1. The number of methoxy groups -OCH3 is 1. The Morgan fingerprint density at radius 3 is 3.05 bits per heavy atom. The van der Waals surface area contributed by atoms with Gasteiger partial charge in [-0.15, -0.1) is 0 Å². The van der Waals surface area contributed by atoms with Gasteiger partial charge >= 0.3 is 0 Å². The van der Waals surface area contributed by atoms with E-state index in [0.717, 1.165) is 26.1 Å². The van der Waals surface area contributed by atoms with Gasteiger partial charge in [-0.1, -0.05) is 11.6 Å². The molecule has 1 aliphatic rings. The molecule has 120 valence electrons. The molecule has 1 N–H and O–H groups in total. The molecule has 0 spiro atoms. The lowest BCUT2D eigenvalue weighted by atomic mass is 10.1. The molecule has 0 saturated carbocycles. The molecule has 1 amide bonds. The largest absolute Gasteiger partial charge is 0.383 e. The van der Waals surface area contributed by atoms with Crippen molar-refractivity contribution in [2.75, 3.05) is 33.4 Å². The first kappa shape index (κ1) is 16.7. The molecule has 7 nitrogen and oxygen atoms in total. The molecular formula is C14H18ClN3O4. The Balaban J connectivity index is 1.98. The van der Waals surface area contributed by atoms with Gasteiger partial charge in [0.2, 0.25) is 0 Å². The van der Waals surface area contributed by atoms with E-state index in [4.69, 9.17) is 16.3 Å². The van der Waals surface area contributed by atoms with Crippen LogP contribution in [0, 0.1) is 10.1 Å². The Labute approximate surface area is 133 Å². The van der Waals surface area contributed by atoms with Crippen LogP contribution in [0.5, 0.6) is 0 Å². The van der Waals surface area contributed by atoms with Gasteiger partial charge in [0.25, 0.3) is 11.6 Å². The summed E-state index contributed by atoms with van der Waals surface area (Å²) in [5.41, 5.74) is -0.0195. The van der Waals surface area contributed by atoms with Crippen molar-refractivity contribution < 1.29 is 14.5 Å². The number of likely N-dealkylation sites (tertiary alicyclic amines) is 1. The van der Waals surface area contributed by atoms with Crippen molar-refractivity contribution in [3.05, 3.63) is 38.9 Å². The molecule has 1 aliphatic heterocycles. The fourth-order valence-corrected chi connectivity index (χ4v) is 2.64. The zero-order chi connectivity index (χ0) is 16.1. The van der Waals surface area contributed by atoms with Gasteiger partial charge in [0, 0.05) is 44.9 Å². The number of nitrogens with one attached hydrogen (secondary N) is 1. The van der Waals surface area contributed by atoms with E-state index >= 15 is 0 Å². The number of nitro groups is 1. The summed E-state index contributed by atoms with van der Waals surface area (Å²) in [5, 5.41) is 13.9. The quantitative estimate of drug-likeness (QED) is 0.635. The number of amides is 1. The third kappa shape index (κ3) is 4.16. The van der Waals surface area contributed by atoms with Crippen LogP contribution in [-0.4, -0.2) is 55.1 Å². The van der Waals surface area contributed by atoms with Gasteiger partial charge in [0.15, 0.2) is 0 Å². The van der Waals surface area contributed by atoms with E-state index < -0.39 is 4.92 Å². The molecule has 1 heterocycles. The monoisotopic (exact) mass is 327 g/mol. The first-order valence-corrected chi connectivity index (χ1v) is 7.35. The zero-order valence-electron chi connectivity index (χ0n) is 12.3. The molecular weight excluding hydrogens is 310 g/mol. The molecule has 1 fully saturated rings. The van der Waals surface area contributed by atoms with Crippen LogP contribution in [0.3, 0.4) is 0 Å². The van der Waals surface area contributed by atoms with E-state index in [9.17, 15) is 14.9 Å². The second kappa shape index (κ2) is 7.53. The van der Waals surface area contributed by atoms with Crippen LogP contribution in [0.4, 0.5) is 5.69 Å².